The topological polar surface area (TPSA) is 58.6 Å². The smallest absolute Gasteiger partial charge is 0.244 e. The summed E-state index contributed by atoms with van der Waals surface area (Å²) in [5.74, 6) is -0.293. The van der Waals surface area contributed by atoms with Crippen LogP contribution in [0, 0.1) is 0 Å². The van der Waals surface area contributed by atoms with Crippen molar-refractivity contribution in [3.63, 3.8) is 0 Å². The average molecular weight is 332 g/mol. The number of aliphatic hydroxyl groups is 1. The number of amides is 1. The zero-order valence-corrected chi connectivity index (χ0v) is 13.5. The van der Waals surface area contributed by atoms with Crippen molar-refractivity contribution < 1.29 is 14.6 Å². The molecule has 0 spiro atoms. The summed E-state index contributed by atoms with van der Waals surface area (Å²) in [6, 6.07) is 5.20. The van der Waals surface area contributed by atoms with Crippen molar-refractivity contribution in [3.05, 3.63) is 39.9 Å². The molecule has 116 valence electrons. The number of carbonyl (C=O) groups excluding carboxylic acids is 1. The Kier molecular flexibility index (Phi) is 7.18. The first-order valence-corrected chi connectivity index (χ1v) is 7.21. The zero-order valence-electron chi connectivity index (χ0n) is 12.0. The third-order valence-electron chi connectivity index (χ3n) is 2.95. The monoisotopic (exact) mass is 331 g/mol. The minimum atomic E-state index is -0.622. The van der Waals surface area contributed by atoms with Gasteiger partial charge in [0.05, 0.1) is 22.2 Å². The summed E-state index contributed by atoms with van der Waals surface area (Å²) in [4.78, 5) is 12.0. The first kappa shape index (κ1) is 18.0. The van der Waals surface area contributed by atoms with Gasteiger partial charge in [-0.15, -0.1) is 0 Å². The third-order valence-corrected chi connectivity index (χ3v) is 3.78. The average Bonchev–Trinajstić information content (AvgIpc) is 2.40. The molecule has 1 rings (SSSR count). The van der Waals surface area contributed by atoms with E-state index in [9.17, 15) is 4.79 Å². The summed E-state index contributed by atoms with van der Waals surface area (Å²) >= 11 is 11.9. The minimum Gasteiger partial charge on any atom is -0.396 e. The molecule has 0 aliphatic heterocycles. The van der Waals surface area contributed by atoms with Crippen LogP contribution in [0.25, 0.3) is 6.08 Å². The van der Waals surface area contributed by atoms with Crippen LogP contribution < -0.4 is 5.32 Å². The Labute approximate surface area is 134 Å². The van der Waals surface area contributed by atoms with E-state index in [0.29, 0.717) is 28.6 Å². The fourth-order valence-corrected chi connectivity index (χ4v) is 2.26. The summed E-state index contributed by atoms with van der Waals surface area (Å²) < 4.78 is 5.07. The minimum absolute atomic E-state index is 0.0377. The fraction of sp³-hybridized carbons (Fsp3) is 0.400. The summed E-state index contributed by atoms with van der Waals surface area (Å²) in [6.07, 6.45) is 3.37. The lowest BCUT2D eigenvalue weighted by Crippen LogP contribution is -2.49. The molecule has 4 nitrogen and oxygen atoms in total. The molecule has 0 heterocycles. The van der Waals surface area contributed by atoms with Crippen LogP contribution in [0.1, 0.15) is 18.9 Å². The van der Waals surface area contributed by atoms with Gasteiger partial charge in [-0.25, -0.2) is 0 Å². The molecule has 0 aliphatic rings. The van der Waals surface area contributed by atoms with E-state index in [-0.39, 0.29) is 12.5 Å². The highest BCUT2D eigenvalue weighted by Gasteiger charge is 2.24. The van der Waals surface area contributed by atoms with Gasteiger partial charge in [-0.3, -0.25) is 4.79 Å². The van der Waals surface area contributed by atoms with E-state index in [1.54, 1.807) is 31.4 Å². The standard InChI is InChI=1S/C15H19Cl2NO3/c1-15(8-9-19,10-21-2)18-13(20)7-6-11-4-3-5-12(16)14(11)17/h3-7,19H,8-10H2,1-2H3,(H,18,20)/b7-6+. The second-order valence-corrected chi connectivity index (χ2v) is 5.72. The van der Waals surface area contributed by atoms with Crippen LogP contribution in [0.2, 0.25) is 10.0 Å². The van der Waals surface area contributed by atoms with Gasteiger partial charge >= 0.3 is 0 Å². The molecule has 1 unspecified atom stereocenters. The molecule has 0 saturated carbocycles. The Morgan fingerprint density at radius 1 is 1.48 bits per heavy atom. The number of aliphatic hydroxyl groups excluding tert-OH is 1. The first-order chi connectivity index (χ1) is 9.91. The molecule has 0 radical (unpaired) electrons. The van der Waals surface area contributed by atoms with Crippen molar-refractivity contribution in [3.8, 4) is 0 Å². The summed E-state index contributed by atoms with van der Waals surface area (Å²) in [7, 11) is 1.55. The van der Waals surface area contributed by atoms with E-state index in [4.69, 9.17) is 33.0 Å². The molecule has 6 heteroatoms. The number of methoxy groups -OCH3 is 1. The molecular weight excluding hydrogens is 313 g/mol. The van der Waals surface area contributed by atoms with Crippen molar-refractivity contribution in [1.29, 1.82) is 0 Å². The maximum Gasteiger partial charge on any atom is 0.244 e. The molecule has 1 aromatic rings. The van der Waals surface area contributed by atoms with Crippen molar-refractivity contribution >= 4 is 35.2 Å². The van der Waals surface area contributed by atoms with Gasteiger partial charge in [-0.05, 0) is 31.1 Å². The molecule has 1 amide bonds. The Bertz CT molecular complexity index is 512. The van der Waals surface area contributed by atoms with Gasteiger partial charge in [0.1, 0.15) is 0 Å². The number of benzene rings is 1. The van der Waals surface area contributed by atoms with Crippen LogP contribution in [0.15, 0.2) is 24.3 Å². The van der Waals surface area contributed by atoms with Crippen LogP contribution in [0.3, 0.4) is 0 Å². The Morgan fingerprint density at radius 3 is 2.81 bits per heavy atom. The number of hydrogen-bond donors (Lipinski definition) is 2. The molecule has 0 aliphatic carbocycles. The maximum atomic E-state index is 12.0. The lowest BCUT2D eigenvalue weighted by Gasteiger charge is -2.28. The Hall–Kier alpha value is -1.07. The largest absolute Gasteiger partial charge is 0.396 e. The zero-order chi connectivity index (χ0) is 15.9. The lowest BCUT2D eigenvalue weighted by molar-refractivity contribution is -0.119. The van der Waals surface area contributed by atoms with Gasteiger partial charge in [0.25, 0.3) is 0 Å². The van der Waals surface area contributed by atoms with Gasteiger partial charge in [0, 0.05) is 19.8 Å². The van der Waals surface area contributed by atoms with Crippen LogP contribution in [-0.4, -0.2) is 36.9 Å². The second-order valence-electron chi connectivity index (χ2n) is 4.93. The highest BCUT2D eigenvalue weighted by Crippen LogP contribution is 2.26. The molecule has 0 fully saturated rings. The normalized spacial score (nSPS) is 14.1. The first-order valence-electron chi connectivity index (χ1n) is 6.46. The van der Waals surface area contributed by atoms with Crippen molar-refractivity contribution in [2.75, 3.05) is 20.3 Å². The van der Waals surface area contributed by atoms with Crippen LogP contribution >= 0.6 is 23.2 Å². The number of nitrogens with one attached hydrogen (secondary N) is 1. The van der Waals surface area contributed by atoms with Gasteiger partial charge in [-0.1, -0.05) is 35.3 Å². The number of hydrogen-bond acceptors (Lipinski definition) is 3. The van der Waals surface area contributed by atoms with Crippen molar-refractivity contribution in [2.45, 2.75) is 18.9 Å². The molecule has 0 saturated heterocycles. The molecule has 21 heavy (non-hydrogen) atoms. The van der Waals surface area contributed by atoms with E-state index in [1.165, 1.54) is 6.08 Å². The SMILES string of the molecule is COCC(C)(CCO)NC(=O)/C=C/c1cccc(Cl)c1Cl. The van der Waals surface area contributed by atoms with E-state index in [2.05, 4.69) is 5.32 Å². The summed E-state index contributed by atoms with van der Waals surface area (Å²) in [5, 5.41) is 12.7. The van der Waals surface area contributed by atoms with Crippen molar-refractivity contribution in [2.24, 2.45) is 0 Å². The summed E-state index contributed by atoms with van der Waals surface area (Å²) in [6.45, 7) is 2.08. The molecule has 0 bridgehead atoms. The highest BCUT2D eigenvalue weighted by molar-refractivity contribution is 6.42. The number of halogens is 2. The molecule has 1 aromatic carbocycles. The summed E-state index contributed by atoms with van der Waals surface area (Å²) in [5.41, 5.74) is 0.0400. The second kappa shape index (κ2) is 8.39. The van der Waals surface area contributed by atoms with Crippen LogP contribution in [0.5, 0.6) is 0 Å². The maximum absolute atomic E-state index is 12.0. The predicted molar refractivity (Wildman–Crippen MR) is 85.6 cm³/mol. The van der Waals surface area contributed by atoms with Crippen LogP contribution in [-0.2, 0) is 9.53 Å². The van der Waals surface area contributed by atoms with E-state index >= 15 is 0 Å². The van der Waals surface area contributed by atoms with Crippen LogP contribution in [0.4, 0.5) is 0 Å². The Morgan fingerprint density at radius 2 is 2.19 bits per heavy atom. The third kappa shape index (κ3) is 5.67. The number of rotatable bonds is 7. The predicted octanol–water partition coefficient (Wildman–Crippen LogP) is 2.91. The number of ether oxygens (including phenoxy) is 1. The highest BCUT2D eigenvalue weighted by atomic mass is 35.5. The van der Waals surface area contributed by atoms with E-state index in [1.807, 2.05) is 6.92 Å². The van der Waals surface area contributed by atoms with Gasteiger partial charge < -0.3 is 15.2 Å². The lowest BCUT2D eigenvalue weighted by atomic mass is 9.99. The molecule has 2 N–H and O–H groups in total. The Balaban J connectivity index is 2.76. The molecule has 1 atom stereocenters. The van der Waals surface area contributed by atoms with Gasteiger partial charge in [0.2, 0.25) is 5.91 Å². The fourth-order valence-electron chi connectivity index (χ4n) is 1.89. The quantitative estimate of drug-likeness (QED) is 0.755. The van der Waals surface area contributed by atoms with Gasteiger partial charge in [0.15, 0.2) is 0 Å². The molecular formula is C15H19Cl2NO3. The van der Waals surface area contributed by atoms with E-state index in [0.717, 1.165) is 0 Å². The molecule has 0 aromatic heterocycles. The van der Waals surface area contributed by atoms with Gasteiger partial charge in [-0.2, -0.15) is 0 Å². The number of carbonyl (C=O) groups is 1. The van der Waals surface area contributed by atoms with E-state index < -0.39 is 5.54 Å². The van der Waals surface area contributed by atoms with Crippen molar-refractivity contribution in [1.82, 2.24) is 5.32 Å².